The van der Waals surface area contributed by atoms with Gasteiger partial charge in [-0.2, -0.15) is 0 Å². The molecule has 8 heteroatoms. The molecular weight excluding hydrogens is 372 g/mol. The van der Waals surface area contributed by atoms with E-state index in [4.69, 9.17) is 0 Å². The lowest BCUT2D eigenvalue weighted by Crippen LogP contribution is -2.13. The predicted molar refractivity (Wildman–Crippen MR) is 102 cm³/mol. The minimum Gasteiger partial charge on any atom is -0.508 e. The number of carbonyl (C=O) groups excluding carboxylic acids is 1. The number of aromatic hydroxyl groups is 1. The molecule has 1 amide bonds. The van der Waals surface area contributed by atoms with Crippen molar-refractivity contribution in [1.82, 2.24) is 0 Å². The van der Waals surface area contributed by atoms with E-state index in [-0.39, 0.29) is 16.6 Å². The van der Waals surface area contributed by atoms with Crippen LogP contribution in [0, 0.1) is 6.92 Å². The van der Waals surface area contributed by atoms with Crippen LogP contribution in [-0.4, -0.2) is 19.4 Å². The second-order valence-electron chi connectivity index (χ2n) is 5.57. The van der Waals surface area contributed by atoms with E-state index < -0.39 is 10.0 Å². The molecule has 0 fully saturated rings. The molecule has 3 rings (SSSR count). The minimum absolute atomic E-state index is 0.00510. The summed E-state index contributed by atoms with van der Waals surface area (Å²) in [5, 5.41) is 13.4. The lowest BCUT2D eigenvalue weighted by atomic mass is 10.2. The standard InChI is InChI=1S/C18H16N2O4S2/c1-12-4-2-3-5-16(12)19-18(22)17-10-15(11-25-17)26(23,24)20-13-6-8-14(21)9-7-13/h2-11,20-21H,1H3,(H,19,22). The first-order valence-corrected chi connectivity index (χ1v) is 9.99. The summed E-state index contributed by atoms with van der Waals surface area (Å²) in [5.74, 6) is -0.325. The van der Waals surface area contributed by atoms with Gasteiger partial charge < -0.3 is 10.4 Å². The third-order valence-corrected chi connectivity index (χ3v) is 6.06. The van der Waals surface area contributed by atoms with Crippen LogP contribution in [0.25, 0.3) is 0 Å². The number of sulfonamides is 1. The summed E-state index contributed by atoms with van der Waals surface area (Å²) in [4.78, 5) is 12.7. The molecule has 0 aliphatic rings. The summed E-state index contributed by atoms with van der Waals surface area (Å²) in [6, 6.07) is 14.3. The smallest absolute Gasteiger partial charge is 0.265 e. The molecule has 3 N–H and O–H groups in total. The summed E-state index contributed by atoms with van der Waals surface area (Å²) in [6.45, 7) is 1.88. The Hall–Kier alpha value is -2.84. The van der Waals surface area contributed by atoms with Crippen LogP contribution in [0.3, 0.4) is 0 Å². The molecule has 0 aliphatic heterocycles. The van der Waals surface area contributed by atoms with Gasteiger partial charge in [0, 0.05) is 16.8 Å². The molecule has 1 aromatic heterocycles. The number of phenolic OH excluding ortho intramolecular Hbond substituents is 1. The number of amides is 1. The van der Waals surface area contributed by atoms with Gasteiger partial charge in [0.25, 0.3) is 15.9 Å². The molecule has 0 saturated carbocycles. The van der Waals surface area contributed by atoms with Gasteiger partial charge in [-0.1, -0.05) is 18.2 Å². The maximum Gasteiger partial charge on any atom is 0.265 e. The van der Waals surface area contributed by atoms with Gasteiger partial charge in [-0.3, -0.25) is 9.52 Å². The first-order valence-electron chi connectivity index (χ1n) is 7.62. The first kappa shape index (κ1) is 18.0. The van der Waals surface area contributed by atoms with Gasteiger partial charge in [-0.15, -0.1) is 11.3 Å². The number of thiophene rings is 1. The van der Waals surface area contributed by atoms with Gasteiger partial charge in [-0.25, -0.2) is 8.42 Å². The molecule has 6 nitrogen and oxygen atoms in total. The van der Waals surface area contributed by atoms with E-state index in [1.165, 1.54) is 35.7 Å². The highest BCUT2D eigenvalue weighted by Crippen LogP contribution is 2.24. The normalized spacial score (nSPS) is 11.1. The summed E-state index contributed by atoms with van der Waals surface area (Å²) in [5.41, 5.74) is 1.91. The average molecular weight is 388 g/mol. The molecule has 0 aliphatic carbocycles. The molecule has 0 radical (unpaired) electrons. The number of aryl methyl sites for hydroxylation is 1. The molecule has 134 valence electrons. The van der Waals surface area contributed by atoms with Crippen molar-refractivity contribution in [1.29, 1.82) is 0 Å². The summed E-state index contributed by atoms with van der Waals surface area (Å²) in [7, 11) is -3.82. The van der Waals surface area contributed by atoms with E-state index in [0.29, 0.717) is 16.3 Å². The van der Waals surface area contributed by atoms with Gasteiger partial charge in [0.15, 0.2) is 0 Å². The van der Waals surface area contributed by atoms with Crippen LogP contribution in [-0.2, 0) is 10.0 Å². The predicted octanol–water partition coefficient (Wildman–Crippen LogP) is 3.82. The number of nitrogens with one attached hydrogen (secondary N) is 2. The van der Waals surface area contributed by atoms with Crippen LogP contribution in [0.5, 0.6) is 5.75 Å². The Morgan fingerprint density at radius 1 is 1.08 bits per heavy atom. The summed E-state index contributed by atoms with van der Waals surface area (Å²) >= 11 is 1.05. The Bertz CT molecular complexity index is 1040. The number of phenols is 1. The fourth-order valence-corrected chi connectivity index (χ4v) is 4.45. The maximum absolute atomic E-state index is 12.4. The van der Waals surface area contributed by atoms with E-state index in [9.17, 15) is 18.3 Å². The van der Waals surface area contributed by atoms with Crippen LogP contribution in [0.4, 0.5) is 11.4 Å². The van der Waals surface area contributed by atoms with Crippen molar-refractivity contribution >= 4 is 38.6 Å². The fourth-order valence-electron chi connectivity index (χ4n) is 2.22. The highest BCUT2D eigenvalue weighted by molar-refractivity contribution is 7.92. The number of carbonyl (C=O) groups is 1. The lowest BCUT2D eigenvalue weighted by molar-refractivity contribution is 0.103. The van der Waals surface area contributed by atoms with E-state index in [1.54, 1.807) is 6.07 Å². The Kier molecular flexibility index (Phi) is 4.97. The molecule has 0 bridgehead atoms. The summed E-state index contributed by atoms with van der Waals surface area (Å²) in [6.07, 6.45) is 0. The Morgan fingerprint density at radius 2 is 1.77 bits per heavy atom. The monoisotopic (exact) mass is 388 g/mol. The highest BCUT2D eigenvalue weighted by Gasteiger charge is 2.19. The zero-order chi connectivity index (χ0) is 18.7. The molecule has 2 aromatic carbocycles. The van der Waals surface area contributed by atoms with Crippen LogP contribution in [0.15, 0.2) is 64.9 Å². The van der Waals surface area contributed by atoms with Crippen LogP contribution < -0.4 is 10.0 Å². The molecule has 0 spiro atoms. The van der Waals surface area contributed by atoms with Crippen molar-refractivity contribution in [3.8, 4) is 5.75 Å². The molecule has 1 heterocycles. The molecule has 26 heavy (non-hydrogen) atoms. The van der Waals surface area contributed by atoms with Crippen molar-refractivity contribution < 1.29 is 18.3 Å². The molecule has 3 aromatic rings. The third-order valence-electron chi connectivity index (χ3n) is 3.62. The lowest BCUT2D eigenvalue weighted by Gasteiger charge is -2.07. The van der Waals surface area contributed by atoms with Gasteiger partial charge in [0.1, 0.15) is 5.75 Å². The van der Waals surface area contributed by atoms with Gasteiger partial charge in [0.05, 0.1) is 9.77 Å². The average Bonchev–Trinajstić information content (AvgIpc) is 3.10. The highest BCUT2D eigenvalue weighted by atomic mass is 32.2. The Morgan fingerprint density at radius 3 is 2.46 bits per heavy atom. The number of para-hydroxylation sites is 1. The van der Waals surface area contributed by atoms with E-state index >= 15 is 0 Å². The number of anilines is 2. The van der Waals surface area contributed by atoms with Crippen LogP contribution in [0.2, 0.25) is 0 Å². The second-order valence-corrected chi connectivity index (χ2v) is 8.16. The van der Waals surface area contributed by atoms with Gasteiger partial charge in [0.2, 0.25) is 0 Å². The minimum atomic E-state index is -3.82. The number of rotatable bonds is 5. The zero-order valence-electron chi connectivity index (χ0n) is 13.8. The number of benzene rings is 2. The Balaban J connectivity index is 1.77. The van der Waals surface area contributed by atoms with Crippen molar-refractivity contribution in [2.75, 3.05) is 10.0 Å². The largest absolute Gasteiger partial charge is 0.508 e. The van der Waals surface area contributed by atoms with Gasteiger partial charge in [-0.05, 0) is 48.9 Å². The Labute approximate surface area is 155 Å². The number of hydrogen-bond acceptors (Lipinski definition) is 5. The topological polar surface area (TPSA) is 95.5 Å². The van der Waals surface area contributed by atoms with Crippen LogP contribution in [0.1, 0.15) is 15.2 Å². The zero-order valence-corrected chi connectivity index (χ0v) is 15.4. The van der Waals surface area contributed by atoms with Crippen molar-refractivity contribution in [2.24, 2.45) is 0 Å². The first-order chi connectivity index (χ1) is 12.3. The van der Waals surface area contributed by atoms with Crippen molar-refractivity contribution in [2.45, 2.75) is 11.8 Å². The maximum atomic E-state index is 12.4. The molecule has 0 saturated heterocycles. The molecular formula is C18H16N2O4S2. The van der Waals surface area contributed by atoms with Crippen molar-refractivity contribution in [3.05, 3.63) is 70.4 Å². The van der Waals surface area contributed by atoms with Gasteiger partial charge >= 0.3 is 0 Å². The van der Waals surface area contributed by atoms with Crippen LogP contribution >= 0.6 is 11.3 Å². The van der Waals surface area contributed by atoms with Crippen molar-refractivity contribution in [3.63, 3.8) is 0 Å². The molecule has 0 unspecified atom stereocenters. The van der Waals surface area contributed by atoms with E-state index in [0.717, 1.165) is 16.9 Å². The SMILES string of the molecule is Cc1ccccc1NC(=O)c1cc(S(=O)(=O)Nc2ccc(O)cc2)cs1. The summed E-state index contributed by atoms with van der Waals surface area (Å²) < 4.78 is 27.3. The second kappa shape index (κ2) is 7.19. The molecule has 0 atom stereocenters. The van der Waals surface area contributed by atoms with E-state index in [2.05, 4.69) is 10.0 Å². The quantitative estimate of drug-likeness (QED) is 0.579. The van der Waals surface area contributed by atoms with E-state index in [1.807, 2.05) is 25.1 Å². The fraction of sp³-hybridized carbons (Fsp3) is 0.0556. The number of hydrogen-bond donors (Lipinski definition) is 3. The third kappa shape index (κ3) is 4.04.